The van der Waals surface area contributed by atoms with Gasteiger partial charge in [0, 0.05) is 43.3 Å². The maximum Gasteiger partial charge on any atom is 0.254 e. The zero-order valence-electron chi connectivity index (χ0n) is 9.73. The Bertz CT molecular complexity index is 480. The van der Waals surface area contributed by atoms with Crippen molar-refractivity contribution in [2.75, 3.05) is 12.4 Å². The van der Waals surface area contributed by atoms with Crippen LogP contribution in [0, 0.1) is 0 Å². The van der Waals surface area contributed by atoms with Gasteiger partial charge in [-0.25, -0.2) is 0 Å². The molecule has 0 N–H and O–H groups in total. The molecule has 1 aliphatic carbocycles. The van der Waals surface area contributed by atoms with E-state index >= 15 is 0 Å². The summed E-state index contributed by atoms with van der Waals surface area (Å²) >= 11 is 5.70. The molecule has 1 aromatic heterocycles. The Kier molecular flexibility index (Phi) is 3.52. The zero-order valence-corrected chi connectivity index (χ0v) is 10.5. The summed E-state index contributed by atoms with van der Waals surface area (Å²) in [5.74, 6) is 0.332. The van der Waals surface area contributed by atoms with Gasteiger partial charge in [-0.3, -0.25) is 9.59 Å². The number of rotatable bonds is 4. The van der Waals surface area contributed by atoms with Crippen LogP contribution in [0.15, 0.2) is 23.1 Å². The first-order valence-electron chi connectivity index (χ1n) is 5.67. The Balaban J connectivity index is 2.22. The van der Waals surface area contributed by atoms with E-state index in [1.807, 2.05) is 0 Å². The lowest BCUT2D eigenvalue weighted by Crippen LogP contribution is -2.35. The number of nitrogens with zero attached hydrogens (tertiary/aromatic N) is 2. The fraction of sp³-hybridized carbons (Fsp3) is 0.500. The fourth-order valence-electron chi connectivity index (χ4n) is 1.77. The second-order valence-corrected chi connectivity index (χ2v) is 4.66. The first-order valence-corrected chi connectivity index (χ1v) is 6.20. The highest BCUT2D eigenvalue weighted by atomic mass is 35.5. The maximum atomic E-state index is 12.2. The van der Waals surface area contributed by atoms with Gasteiger partial charge in [0.25, 0.3) is 11.5 Å². The molecule has 1 saturated carbocycles. The van der Waals surface area contributed by atoms with Crippen LogP contribution in [-0.2, 0) is 7.05 Å². The first-order chi connectivity index (χ1) is 8.13. The molecule has 1 heterocycles. The smallest absolute Gasteiger partial charge is 0.254 e. The summed E-state index contributed by atoms with van der Waals surface area (Å²) in [6.07, 6.45) is 3.68. The van der Waals surface area contributed by atoms with Crippen molar-refractivity contribution in [3.05, 3.63) is 34.2 Å². The number of pyridine rings is 1. The molecule has 1 amide bonds. The number of halogens is 1. The zero-order chi connectivity index (χ0) is 12.4. The van der Waals surface area contributed by atoms with E-state index in [2.05, 4.69) is 0 Å². The van der Waals surface area contributed by atoms with Gasteiger partial charge in [-0.15, -0.1) is 11.6 Å². The monoisotopic (exact) mass is 254 g/mol. The Morgan fingerprint density at radius 3 is 2.82 bits per heavy atom. The molecule has 0 aromatic carbocycles. The molecule has 0 atom stereocenters. The summed E-state index contributed by atoms with van der Waals surface area (Å²) in [5.41, 5.74) is 0.280. The standard InChI is InChI=1S/C12H15ClN2O2/c1-14-6-4-9(8-11(14)16)12(17)15(7-5-13)10-2-3-10/h4,6,8,10H,2-3,5,7H2,1H3. The Labute approximate surface area is 105 Å². The average molecular weight is 255 g/mol. The minimum absolute atomic E-state index is 0.0918. The van der Waals surface area contributed by atoms with Crippen molar-refractivity contribution in [1.82, 2.24) is 9.47 Å². The third-order valence-electron chi connectivity index (χ3n) is 2.93. The van der Waals surface area contributed by atoms with Crippen molar-refractivity contribution >= 4 is 17.5 Å². The van der Waals surface area contributed by atoms with E-state index in [1.54, 1.807) is 24.2 Å². The van der Waals surface area contributed by atoms with Gasteiger partial charge in [0.15, 0.2) is 0 Å². The van der Waals surface area contributed by atoms with E-state index in [0.29, 0.717) is 24.0 Å². The van der Waals surface area contributed by atoms with Gasteiger partial charge < -0.3 is 9.47 Å². The molecular weight excluding hydrogens is 240 g/mol. The number of aromatic nitrogens is 1. The van der Waals surface area contributed by atoms with Gasteiger partial charge in [-0.2, -0.15) is 0 Å². The highest BCUT2D eigenvalue weighted by molar-refractivity contribution is 6.18. The minimum atomic E-state index is -0.169. The lowest BCUT2D eigenvalue weighted by Gasteiger charge is -2.21. The molecule has 0 spiro atoms. The summed E-state index contributed by atoms with van der Waals surface area (Å²) < 4.78 is 1.44. The molecule has 4 nitrogen and oxygen atoms in total. The van der Waals surface area contributed by atoms with Crippen LogP contribution >= 0.6 is 11.6 Å². The normalized spacial score (nSPS) is 14.7. The van der Waals surface area contributed by atoms with Crippen LogP contribution < -0.4 is 5.56 Å². The molecule has 92 valence electrons. The number of alkyl halides is 1. The van der Waals surface area contributed by atoms with E-state index in [4.69, 9.17) is 11.6 Å². The second-order valence-electron chi connectivity index (χ2n) is 4.28. The topological polar surface area (TPSA) is 42.3 Å². The van der Waals surface area contributed by atoms with Crippen LogP contribution in [0.5, 0.6) is 0 Å². The van der Waals surface area contributed by atoms with Crippen LogP contribution in [-0.4, -0.2) is 33.8 Å². The fourth-order valence-corrected chi connectivity index (χ4v) is 1.96. The van der Waals surface area contributed by atoms with Crippen molar-refractivity contribution in [3.8, 4) is 0 Å². The summed E-state index contributed by atoms with van der Waals surface area (Å²) in [7, 11) is 1.66. The number of hydrogen-bond acceptors (Lipinski definition) is 2. The van der Waals surface area contributed by atoms with Crippen molar-refractivity contribution < 1.29 is 4.79 Å². The third kappa shape index (κ3) is 2.69. The average Bonchev–Trinajstić information content (AvgIpc) is 3.13. The quantitative estimate of drug-likeness (QED) is 0.759. The SMILES string of the molecule is Cn1ccc(C(=O)N(CCCl)C2CC2)cc1=O. The number of hydrogen-bond donors (Lipinski definition) is 0. The van der Waals surface area contributed by atoms with Gasteiger partial charge in [0.2, 0.25) is 0 Å². The summed E-state index contributed by atoms with van der Waals surface area (Å²) in [6, 6.07) is 3.37. The van der Waals surface area contributed by atoms with Crippen LogP contribution in [0.2, 0.25) is 0 Å². The highest BCUT2D eigenvalue weighted by Gasteiger charge is 2.32. The van der Waals surface area contributed by atoms with Crippen LogP contribution in [0.1, 0.15) is 23.2 Å². The van der Waals surface area contributed by atoms with E-state index < -0.39 is 0 Å². The molecule has 0 unspecified atom stereocenters. The molecule has 2 rings (SSSR count). The van der Waals surface area contributed by atoms with E-state index in [0.717, 1.165) is 12.8 Å². The molecule has 17 heavy (non-hydrogen) atoms. The van der Waals surface area contributed by atoms with Crippen molar-refractivity contribution in [1.29, 1.82) is 0 Å². The lowest BCUT2D eigenvalue weighted by molar-refractivity contribution is 0.0753. The number of aryl methyl sites for hydroxylation is 1. The summed E-state index contributed by atoms with van der Waals surface area (Å²) in [5, 5.41) is 0. The predicted octanol–water partition coefficient (Wildman–Crippen LogP) is 1.23. The van der Waals surface area contributed by atoms with Crippen LogP contribution in [0.25, 0.3) is 0 Å². The summed E-state index contributed by atoms with van der Waals surface area (Å²) in [4.78, 5) is 25.4. The number of amides is 1. The Morgan fingerprint density at radius 1 is 1.59 bits per heavy atom. The van der Waals surface area contributed by atoms with Crippen molar-refractivity contribution in [2.24, 2.45) is 7.05 Å². The molecule has 0 aliphatic heterocycles. The number of carbonyl (C=O) groups excluding carboxylic acids is 1. The lowest BCUT2D eigenvalue weighted by atomic mass is 10.2. The van der Waals surface area contributed by atoms with E-state index in [9.17, 15) is 9.59 Å². The molecule has 5 heteroatoms. The van der Waals surface area contributed by atoms with E-state index in [-0.39, 0.29) is 11.5 Å². The molecule has 0 saturated heterocycles. The summed E-state index contributed by atoms with van der Waals surface area (Å²) in [6.45, 7) is 0.542. The first kappa shape index (κ1) is 12.2. The van der Waals surface area contributed by atoms with Crippen molar-refractivity contribution in [2.45, 2.75) is 18.9 Å². The Morgan fingerprint density at radius 2 is 2.29 bits per heavy atom. The van der Waals surface area contributed by atoms with Gasteiger partial charge in [0.1, 0.15) is 0 Å². The van der Waals surface area contributed by atoms with Crippen molar-refractivity contribution in [3.63, 3.8) is 0 Å². The molecule has 1 aromatic rings. The second kappa shape index (κ2) is 4.92. The van der Waals surface area contributed by atoms with Gasteiger partial charge in [0.05, 0.1) is 0 Å². The Hall–Kier alpha value is -1.29. The minimum Gasteiger partial charge on any atom is -0.334 e. The van der Waals surface area contributed by atoms with Gasteiger partial charge in [-0.1, -0.05) is 0 Å². The highest BCUT2D eigenvalue weighted by Crippen LogP contribution is 2.27. The molecule has 0 bridgehead atoms. The largest absolute Gasteiger partial charge is 0.334 e. The molecular formula is C12H15ClN2O2. The molecule has 0 radical (unpaired) electrons. The third-order valence-corrected chi connectivity index (χ3v) is 3.09. The molecule has 1 fully saturated rings. The van der Waals surface area contributed by atoms with E-state index in [1.165, 1.54) is 10.6 Å². The van der Waals surface area contributed by atoms with Crippen LogP contribution in [0.3, 0.4) is 0 Å². The van der Waals surface area contributed by atoms with Crippen LogP contribution in [0.4, 0.5) is 0 Å². The predicted molar refractivity (Wildman–Crippen MR) is 66.5 cm³/mol. The van der Waals surface area contributed by atoms with Gasteiger partial charge >= 0.3 is 0 Å². The molecule has 1 aliphatic rings. The number of carbonyl (C=O) groups is 1. The van der Waals surface area contributed by atoms with Gasteiger partial charge in [-0.05, 0) is 18.9 Å². The maximum absolute atomic E-state index is 12.2.